The molecule has 0 unspecified atom stereocenters. The van der Waals surface area contributed by atoms with Gasteiger partial charge in [0.15, 0.2) is 0 Å². The van der Waals surface area contributed by atoms with Crippen molar-refractivity contribution in [1.29, 1.82) is 0 Å². The van der Waals surface area contributed by atoms with Crippen LogP contribution in [0.5, 0.6) is 0 Å². The lowest BCUT2D eigenvalue weighted by atomic mass is 10.0. The fourth-order valence-electron chi connectivity index (χ4n) is 3.49. The van der Waals surface area contributed by atoms with E-state index in [9.17, 15) is 0 Å². The molecular formula is C22H23NS. The fraction of sp³-hybridized carbons (Fsp3) is 0.273. The molecule has 1 aliphatic heterocycles. The normalized spacial score (nSPS) is 13.0. The Balaban J connectivity index is 1.81. The van der Waals surface area contributed by atoms with E-state index in [4.69, 9.17) is 0 Å². The maximum Gasteiger partial charge on any atom is 0.0556 e. The standard InChI is InChI=1S/C22H23NS/c1-4-5-8-16-13-21-19(11-15(16)2)23(3)20-12-17-9-6-7-10-18(17)14-22(20)24-21/h6-7,9-14H,4-5,8H2,1-3H3. The number of anilines is 2. The van der Waals surface area contributed by atoms with Gasteiger partial charge < -0.3 is 4.90 Å². The molecule has 122 valence electrons. The van der Waals surface area contributed by atoms with E-state index in [-0.39, 0.29) is 0 Å². The van der Waals surface area contributed by atoms with Crippen molar-refractivity contribution < 1.29 is 0 Å². The predicted molar refractivity (Wildman–Crippen MR) is 106 cm³/mol. The van der Waals surface area contributed by atoms with Crippen molar-refractivity contribution in [2.75, 3.05) is 11.9 Å². The van der Waals surface area contributed by atoms with Crippen LogP contribution in [0.1, 0.15) is 30.9 Å². The number of rotatable bonds is 3. The molecule has 0 spiro atoms. The smallest absolute Gasteiger partial charge is 0.0556 e. The molecule has 1 heterocycles. The third-order valence-corrected chi connectivity index (χ3v) is 6.08. The van der Waals surface area contributed by atoms with Crippen LogP contribution in [-0.2, 0) is 6.42 Å². The van der Waals surface area contributed by atoms with Crippen LogP contribution in [0, 0.1) is 6.92 Å². The van der Waals surface area contributed by atoms with Crippen molar-refractivity contribution in [3.8, 4) is 0 Å². The van der Waals surface area contributed by atoms with Crippen molar-refractivity contribution in [1.82, 2.24) is 0 Å². The van der Waals surface area contributed by atoms with Gasteiger partial charge in [0.25, 0.3) is 0 Å². The Morgan fingerprint density at radius 1 is 0.917 bits per heavy atom. The largest absolute Gasteiger partial charge is 0.343 e. The Labute approximate surface area is 148 Å². The summed E-state index contributed by atoms with van der Waals surface area (Å²) in [5.74, 6) is 0. The maximum absolute atomic E-state index is 2.42. The molecule has 3 aromatic rings. The van der Waals surface area contributed by atoms with Crippen LogP contribution >= 0.6 is 11.8 Å². The Morgan fingerprint density at radius 3 is 2.33 bits per heavy atom. The zero-order valence-electron chi connectivity index (χ0n) is 14.6. The second-order valence-corrected chi connectivity index (χ2v) is 7.76. The minimum Gasteiger partial charge on any atom is -0.343 e. The second kappa shape index (κ2) is 6.18. The first kappa shape index (κ1) is 15.6. The summed E-state index contributed by atoms with van der Waals surface area (Å²) in [7, 11) is 2.19. The van der Waals surface area contributed by atoms with Crippen molar-refractivity contribution >= 4 is 33.9 Å². The van der Waals surface area contributed by atoms with Crippen LogP contribution in [0.25, 0.3) is 10.8 Å². The molecule has 0 saturated heterocycles. The van der Waals surface area contributed by atoms with Gasteiger partial charge in [-0.05, 0) is 65.9 Å². The van der Waals surface area contributed by atoms with Crippen LogP contribution in [0.3, 0.4) is 0 Å². The van der Waals surface area contributed by atoms with E-state index < -0.39 is 0 Å². The Bertz CT molecular complexity index is 913. The summed E-state index contributed by atoms with van der Waals surface area (Å²) in [5, 5.41) is 2.63. The lowest BCUT2D eigenvalue weighted by molar-refractivity contribution is 0.789. The van der Waals surface area contributed by atoms with E-state index in [1.54, 1.807) is 0 Å². The summed E-state index contributed by atoms with van der Waals surface area (Å²) in [6, 6.07) is 18.1. The average Bonchev–Trinajstić information content (AvgIpc) is 2.60. The molecular weight excluding hydrogens is 310 g/mol. The van der Waals surface area contributed by atoms with Gasteiger partial charge in [-0.3, -0.25) is 0 Å². The SMILES string of the molecule is CCCCc1cc2c(cc1C)N(C)c1cc3ccccc3cc1S2. The van der Waals surface area contributed by atoms with Gasteiger partial charge in [0.05, 0.1) is 11.4 Å². The van der Waals surface area contributed by atoms with Crippen molar-refractivity contribution in [3.63, 3.8) is 0 Å². The molecule has 2 heteroatoms. The molecule has 24 heavy (non-hydrogen) atoms. The summed E-state index contributed by atoms with van der Waals surface area (Å²) in [6.45, 7) is 4.51. The zero-order chi connectivity index (χ0) is 16.7. The van der Waals surface area contributed by atoms with E-state index in [0.717, 1.165) is 0 Å². The second-order valence-electron chi connectivity index (χ2n) is 6.68. The summed E-state index contributed by atoms with van der Waals surface area (Å²) >= 11 is 1.92. The minimum absolute atomic E-state index is 1.18. The first-order valence-corrected chi connectivity index (χ1v) is 9.57. The van der Waals surface area contributed by atoms with Crippen molar-refractivity contribution in [2.45, 2.75) is 42.9 Å². The van der Waals surface area contributed by atoms with Crippen molar-refractivity contribution in [2.24, 2.45) is 0 Å². The number of hydrogen-bond acceptors (Lipinski definition) is 2. The van der Waals surface area contributed by atoms with Gasteiger partial charge in [-0.1, -0.05) is 49.4 Å². The lowest BCUT2D eigenvalue weighted by Gasteiger charge is -2.31. The highest BCUT2D eigenvalue weighted by atomic mass is 32.2. The third kappa shape index (κ3) is 2.59. The Kier molecular flexibility index (Phi) is 4.01. The average molecular weight is 334 g/mol. The zero-order valence-corrected chi connectivity index (χ0v) is 15.4. The Morgan fingerprint density at radius 2 is 1.58 bits per heavy atom. The summed E-state index contributed by atoms with van der Waals surface area (Å²) in [5.41, 5.74) is 5.56. The minimum atomic E-state index is 1.18. The van der Waals surface area contributed by atoms with Gasteiger partial charge >= 0.3 is 0 Å². The van der Waals surface area contributed by atoms with E-state index in [1.807, 2.05) is 11.8 Å². The van der Waals surface area contributed by atoms with Crippen LogP contribution < -0.4 is 4.90 Å². The molecule has 0 radical (unpaired) electrons. The number of hydrogen-bond donors (Lipinski definition) is 0. The topological polar surface area (TPSA) is 3.24 Å². The third-order valence-electron chi connectivity index (χ3n) is 4.99. The van der Waals surface area contributed by atoms with E-state index >= 15 is 0 Å². The number of fused-ring (bicyclic) bond motifs is 3. The molecule has 0 fully saturated rings. The predicted octanol–water partition coefficient (Wildman–Crippen LogP) is 6.72. The first-order valence-electron chi connectivity index (χ1n) is 8.75. The quantitative estimate of drug-likeness (QED) is 0.523. The molecule has 4 rings (SSSR count). The maximum atomic E-state index is 2.42. The first-order chi connectivity index (χ1) is 11.7. The molecule has 1 aliphatic rings. The number of nitrogens with zero attached hydrogens (tertiary/aromatic N) is 1. The van der Waals surface area contributed by atoms with Crippen LogP contribution in [0.15, 0.2) is 58.3 Å². The molecule has 1 nitrogen and oxygen atoms in total. The van der Waals surface area contributed by atoms with Gasteiger partial charge in [0.1, 0.15) is 0 Å². The van der Waals surface area contributed by atoms with Gasteiger partial charge in [0.2, 0.25) is 0 Å². The molecule has 0 saturated carbocycles. The fourth-order valence-corrected chi connectivity index (χ4v) is 4.72. The number of benzene rings is 3. The highest BCUT2D eigenvalue weighted by Crippen LogP contribution is 2.49. The molecule has 0 atom stereocenters. The molecule has 0 aromatic heterocycles. The number of unbranched alkanes of at least 4 members (excludes halogenated alkanes) is 1. The lowest BCUT2D eigenvalue weighted by Crippen LogP contribution is -2.15. The highest BCUT2D eigenvalue weighted by Gasteiger charge is 2.22. The molecule has 0 aliphatic carbocycles. The Hall–Kier alpha value is -1.93. The monoisotopic (exact) mass is 333 g/mol. The van der Waals surface area contributed by atoms with Crippen LogP contribution in [0.4, 0.5) is 11.4 Å². The van der Waals surface area contributed by atoms with Crippen LogP contribution in [-0.4, -0.2) is 7.05 Å². The highest BCUT2D eigenvalue weighted by molar-refractivity contribution is 7.99. The molecule has 0 bridgehead atoms. The summed E-state index contributed by atoms with van der Waals surface area (Å²) < 4.78 is 0. The number of aryl methyl sites for hydroxylation is 2. The van der Waals surface area contributed by atoms with Gasteiger partial charge in [-0.25, -0.2) is 0 Å². The molecule has 0 amide bonds. The molecule has 3 aromatic carbocycles. The van der Waals surface area contributed by atoms with E-state index in [2.05, 4.69) is 74.3 Å². The molecule has 0 N–H and O–H groups in total. The van der Waals surface area contributed by atoms with Crippen LogP contribution in [0.2, 0.25) is 0 Å². The summed E-state index contributed by atoms with van der Waals surface area (Å²) in [4.78, 5) is 5.09. The summed E-state index contributed by atoms with van der Waals surface area (Å²) in [6.07, 6.45) is 3.70. The van der Waals surface area contributed by atoms with Gasteiger partial charge in [0, 0.05) is 16.8 Å². The van der Waals surface area contributed by atoms with Gasteiger partial charge in [-0.2, -0.15) is 0 Å². The van der Waals surface area contributed by atoms with E-state index in [0.29, 0.717) is 0 Å². The van der Waals surface area contributed by atoms with Crippen molar-refractivity contribution in [3.05, 3.63) is 59.7 Å². The van der Waals surface area contributed by atoms with E-state index in [1.165, 1.54) is 62.3 Å². The van der Waals surface area contributed by atoms with Gasteiger partial charge in [-0.15, -0.1) is 0 Å².